The van der Waals surface area contributed by atoms with E-state index in [1.807, 2.05) is 13.0 Å². The largest absolute Gasteiger partial charge is 0.497 e. The van der Waals surface area contributed by atoms with E-state index in [1.54, 1.807) is 73.8 Å². The van der Waals surface area contributed by atoms with Crippen LogP contribution < -0.4 is 10.1 Å². The molecular weight excluding hydrogens is 394 g/mol. The summed E-state index contributed by atoms with van der Waals surface area (Å²) in [5.74, 6) is -0.640. The molecule has 6 heteroatoms. The summed E-state index contributed by atoms with van der Waals surface area (Å²) in [6.07, 6.45) is -1.12. The lowest BCUT2D eigenvalue weighted by Gasteiger charge is -2.18. The fraction of sp³-hybridized carbons (Fsp3) is 0.160. The third-order valence-corrected chi connectivity index (χ3v) is 4.72. The molecule has 1 amide bonds. The molecular formula is C25H23NO5. The number of ether oxygens (including phenoxy) is 2. The van der Waals surface area contributed by atoms with Crippen molar-refractivity contribution in [1.29, 1.82) is 0 Å². The van der Waals surface area contributed by atoms with E-state index < -0.39 is 12.1 Å². The smallest absolute Gasteiger partial charge is 0.339 e. The van der Waals surface area contributed by atoms with Crippen LogP contribution in [0.1, 0.15) is 44.9 Å². The Balaban J connectivity index is 1.91. The van der Waals surface area contributed by atoms with Gasteiger partial charge in [0.2, 0.25) is 11.7 Å². The van der Waals surface area contributed by atoms with E-state index in [2.05, 4.69) is 5.32 Å². The molecule has 0 aliphatic rings. The van der Waals surface area contributed by atoms with Crippen molar-refractivity contribution in [3.05, 3.63) is 95.1 Å². The number of esters is 1. The van der Waals surface area contributed by atoms with Crippen LogP contribution in [0.25, 0.3) is 0 Å². The summed E-state index contributed by atoms with van der Waals surface area (Å²) in [7, 11) is 1.54. The van der Waals surface area contributed by atoms with Crippen LogP contribution in [0.5, 0.6) is 5.75 Å². The van der Waals surface area contributed by atoms with Crippen molar-refractivity contribution >= 4 is 23.3 Å². The maximum Gasteiger partial charge on any atom is 0.339 e. The minimum absolute atomic E-state index is 0.234. The van der Waals surface area contributed by atoms with E-state index in [-0.39, 0.29) is 17.3 Å². The van der Waals surface area contributed by atoms with Crippen molar-refractivity contribution in [3.8, 4) is 5.75 Å². The highest BCUT2D eigenvalue weighted by Gasteiger charge is 2.27. The third kappa shape index (κ3) is 5.36. The molecule has 0 heterocycles. The number of aryl methyl sites for hydroxylation is 1. The van der Waals surface area contributed by atoms with Crippen LogP contribution in [-0.4, -0.2) is 24.8 Å². The Kier molecular flexibility index (Phi) is 6.82. The highest BCUT2D eigenvalue weighted by molar-refractivity contribution is 6.02. The molecule has 0 radical (unpaired) electrons. The Morgan fingerprint density at radius 2 is 1.52 bits per heavy atom. The molecule has 3 aromatic rings. The van der Waals surface area contributed by atoms with Gasteiger partial charge in [0.1, 0.15) is 5.75 Å². The summed E-state index contributed by atoms with van der Waals surface area (Å²) in [5, 5.41) is 2.69. The average Bonchev–Trinajstić information content (AvgIpc) is 2.78. The molecule has 31 heavy (non-hydrogen) atoms. The molecule has 0 saturated heterocycles. The second-order valence-corrected chi connectivity index (χ2v) is 7.00. The Hall–Kier alpha value is -3.93. The van der Waals surface area contributed by atoms with Gasteiger partial charge in [-0.05, 0) is 48.9 Å². The average molecular weight is 417 g/mol. The van der Waals surface area contributed by atoms with Crippen molar-refractivity contribution < 1.29 is 23.9 Å². The number of benzene rings is 3. The Morgan fingerprint density at radius 3 is 2.13 bits per heavy atom. The minimum Gasteiger partial charge on any atom is -0.497 e. The second kappa shape index (κ2) is 9.71. The first-order valence-corrected chi connectivity index (χ1v) is 9.71. The predicted molar refractivity (Wildman–Crippen MR) is 117 cm³/mol. The first-order valence-electron chi connectivity index (χ1n) is 9.71. The van der Waals surface area contributed by atoms with Gasteiger partial charge in [-0.25, -0.2) is 4.79 Å². The molecule has 0 aliphatic carbocycles. The molecule has 0 spiro atoms. The highest BCUT2D eigenvalue weighted by Crippen LogP contribution is 2.26. The zero-order valence-electron chi connectivity index (χ0n) is 17.5. The zero-order valence-corrected chi connectivity index (χ0v) is 17.5. The van der Waals surface area contributed by atoms with Crippen LogP contribution in [0.2, 0.25) is 0 Å². The molecule has 0 unspecified atom stereocenters. The Morgan fingerprint density at radius 1 is 0.871 bits per heavy atom. The number of rotatable bonds is 7. The molecule has 0 aromatic heterocycles. The number of nitrogens with one attached hydrogen (secondary N) is 1. The highest BCUT2D eigenvalue weighted by atomic mass is 16.5. The summed E-state index contributed by atoms with van der Waals surface area (Å²) < 4.78 is 10.8. The molecule has 1 atom stereocenters. The third-order valence-electron chi connectivity index (χ3n) is 4.72. The van der Waals surface area contributed by atoms with Crippen LogP contribution in [0.15, 0.2) is 72.8 Å². The molecule has 0 aliphatic heterocycles. The quantitative estimate of drug-likeness (QED) is 0.443. The van der Waals surface area contributed by atoms with Crippen molar-refractivity contribution in [3.63, 3.8) is 0 Å². The topological polar surface area (TPSA) is 81.7 Å². The zero-order chi connectivity index (χ0) is 22.4. The molecule has 0 fully saturated rings. The maximum atomic E-state index is 13.2. The van der Waals surface area contributed by atoms with E-state index in [0.717, 1.165) is 5.56 Å². The summed E-state index contributed by atoms with van der Waals surface area (Å²) in [6.45, 7) is 3.21. The van der Waals surface area contributed by atoms with E-state index >= 15 is 0 Å². The van der Waals surface area contributed by atoms with Gasteiger partial charge in [0, 0.05) is 23.7 Å². The van der Waals surface area contributed by atoms with Gasteiger partial charge in [0.25, 0.3) is 0 Å². The van der Waals surface area contributed by atoms with Gasteiger partial charge in [-0.3, -0.25) is 9.59 Å². The molecule has 3 rings (SSSR count). The maximum absolute atomic E-state index is 13.2. The predicted octanol–water partition coefficient (Wildman–Crippen LogP) is 4.74. The first-order chi connectivity index (χ1) is 14.9. The van der Waals surface area contributed by atoms with Crippen LogP contribution in [0, 0.1) is 6.92 Å². The fourth-order valence-electron chi connectivity index (χ4n) is 3.06. The number of methoxy groups -OCH3 is 1. The molecule has 3 aromatic carbocycles. The van der Waals surface area contributed by atoms with Gasteiger partial charge in [-0.1, -0.05) is 36.4 Å². The Bertz CT molecular complexity index is 1090. The number of carbonyl (C=O) groups is 3. The van der Waals surface area contributed by atoms with Gasteiger partial charge in [0.15, 0.2) is 6.10 Å². The van der Waals surface area contributed by atoms with Gasteiger partial charge >= 0.3 is 5.97 Å². The van der Waals surface area contributed by atoms with Crippen molar-refractivity contribution in [2.45, 2.75) is 20.0 Å². The van der Waals surface area contributed by atoms with Crippen LogP contribution in [0.4, 0.5) is 5.69 Å². The Labute approximate surface area is 180 Å². The van der Waals surface area contributed by atoms with Crippen LogP contribution >= 0.6 is 0 Å². The molecule has 0 saturated carbocycles. The lowest BCUT2D eigenvalue weighted by molar-refractivity contribution is -0.114. The standard InChI is InChI=1S/C25H23NO5/c1-16-9-10-20(15-22(16)26-17(2)27)25(29)31-24(19-7-5-4-6-8-19)23(28)18-11-13-21(30-3)14-12-18/h4-15,24H,1-3H3,(H,26,27)/t24-/m1/s1. The van der Waals surface area contributed by atoms with E-state index in [0.29, 0.717) is 22.6 Å². The normalized spacial score (nSPS) is 11.3. The van der Waals surface area contributed by atoms with E-state index in [4.69, 9.17) is 9.47 Å². The summed E-state index contributed by atoms with van der Waals surface area (Å²) in [5.41, 5.74) is 2.51. The van der Waals surface area contributed by atoms with E-state index in [1.165, 1.54) is 6.92 Å². The summed E-state index contributed by atoms with van der Waals surface area (Å²) >= 11 is 0. The minimum atomic E-state index is -1.12. The van der Waals surface area contributed by atoms with Crippen LogP contribution in [-0.2, 0) is 9.53 Å². The van der Waals surface area contributed by atoms with Gasteiger partial charge in [-0.15, -0.1) is 0 Å². The van der Waals surface area contributed by atoms with Crippen molar-refractivity contribution in [1.82, 2.24) is 0 Å². The summed E-state index contributed by atoms with van der Waals surface area (Å²) in [4.78, 5) is 37.5. The second-order valence-electron chi connectivity index (χ2n) is 7.00. The monoisotopic (exact) mass is 417 g/mol. The molecule has 6 nitrogen and oxygen atoms in total. The number of carbonyl (C=O) groups excluding carboxylic acids is 3. The van der Waals surface area contributed by atoms with Crippen LogP contribution in [0.3, 0.4) is 0 Å². The van der Waals surface area contributed by atoms with Crippen molar-refractivity contribution in [2.75, 3.05) is 12.4 Å². The van der Waals surface area contributed by atoms with Gasteiger partial charge < -0.3 is 14.8 Å². The van der Waals surface area contributed by atoms with Gasteiger partial charge in [0.05, 0.1) is 12.7 Å². The summed E-state index contributed by atoms with van der Waals surface area (Å²) in [6, 6.07) is 20.3. The molecule has 0 bridgehead atoms. The number of hydrogen-bond donors (Lipinski definition) is 1. The molecule has 1 N–H and O–H groups in total. The van der Waals surface area contributed by atoms with Crippen molar-refractivity contribution in [2.24, 2.45) is 0 Å². The lowest BCUT2D eigenvalue weighted by atomic mass is 9.99. The first kappa shape index (κ1) is 21.8. The fourth-order valence-corrected chi connectivity index (χ4v) is 3.06. The molecule has 158 valence electrons. The lowest BCUT2D eigenvalue weighted by Crippen LogP contribution is -2.20. The number of ketones is 1. The number of amides is 1. The number of Topliss-reactive ketones (excluding diaryl/α,β-unsaturated/α-hetero) is 1. The van der Waals surface area contributed by atoms with E-state index in [9.17, 15) is 14.4 Å². The van der Waals surface area contributed by atoms with Gasteiger partial charge in [-0.2, -0.15) is 0 Å². The SMILES string of the molecule is COc1ccc(C(=O)[C@H](OC(=O)c2ccc(C)c(NC(C)=O)c2)c2ccccc2)cc1. The number of anilines is 1. The number of hydrogen-bond acceptors (Lipinski definition) is 5.